The van der Waals surface area contributed by atoms with Crippen LogP contribution in [0, 0.1) is 16.7 Å². The Balaban J connectivity index is 1.72. The van der Waals surface area contributed by atoms with Crippen LogP contribution in [0.5, 0.6) is 0 Å². The molecule has 0 aromatic rings. The smallest absolute Gasteiger partial charge is 0.319 e. The van der Waals surface area contributed by atoms with E-state index >= 15 is 0 Å². The van der Waals surface area contributed by atoms with Gasteiger partial charge in [0.15, 0.2) is 0 Å². The fraction of sp³-hybridized carbons (Fsp3) is 0.938. The van der Waals surface area contributed by atoms with E-state index in [0.717, 1.165) is 5.92 Å². The van der Waals surface area contributed by atoms with Crippen molar-refractivity contribution in [1.82, 2.24) is 5.32 Å². The molecule has 4 aliphatic rings. The molecule has 0 amide bonds. The molecule has 108 valence electrons. The lowest BCUT2D eigenvalue weighted by Crippen LogP contribution is -2.64. The van der Waals surface area contributed by atoms with Crippen molar-refractivity contribution in [1.29, 1.82) is 0 Å². The Morgan fingerprint density at radius 1 is 1.16 bits per heavy atom. The fourth-order valence-electron chi connectivity index (χ4n) is 6.12. The maximum Gasteiger partial charge on any atom is 0.319 e. The second kappa shape index (κ2) is 4.21. The topological polar surface area (TPSA) is 38.3 Å². The van der Waals surface area contributed by atoms with Crippen molar-refractivity contribution in [3.63, 3.8) is 0 Å². The molecule has 4 bridgehead atoms. The van der Waals surface area contributed by atoms with Gasteiger partial charge in [0.2, 0.25) is 0 Å². The normalized spacial score (nSPS) is 47.4. The van der Waals surface area contributed by atoms with Crippen LogP contribution in [0.25, 0.3) is 0 Å². The van der Waals surface area contributed by atoms with Crippen molar-refractivity contribution in [2.75, 3.05) is 13.2 Å². The van der Waals surface area contributed by atoms with Gasteiger partial charge >= 0.3 is 5.97 Å². The third-order valence-corrected chi connectivity index (χ3v) is 5.54. The number of rotatable bonds is 4. The van der Waals surface area contributed by atoms with Gasteiger partial charge in [-0.05, 0) is 62.2 Å². The molecule has 0 aromatic heterocycles. The summed E-state index contributed by atoms with van der Waals surface area (Å²) in [5.74, 6) is 0.759. The van der Waals surface area contributed by atoms with E-state index in [2.05, 4.69) is 19.2 Å². The number of carbonyl (C=O) groups is 1. The minimum atomic E-state index is -0.103. The van der Waals surface area contributed by atoms with Gasteiger partial charge in [-0.3, -0.25) is 4.79 Å². The van der Waals surface area contributed by atoms with Gasteiger partial charge in [-0.25, -0.2) is 0 Å². The van der Waals surface area contributed by atoms with Crippen LogP contribution in [0.2, 0.25) is 0 Å². The summed E-state index contributed by atoms with van der Waals surface area (Å²) in [5, 5.41) is 3.59. The van der Waals surface area contributed by atoms with Crippen LogP contribution in [0.1, 0.15) is 59.3 Å². The fourth-order valence-corrected chi connectivity index (χ4v) is 6.12. The quantitative estimate of drug-likeness (QED) is 0.794. The van der Waals surface area contributed by atoms with Crippen LogP contribution in [0.3, 0.4) is 0 Å². The molecule has 4 saturated carbocycles. The largest absolute Gasteiger partial charge is 0.465 e. The molecule has 0 spiro atoms. The summed E-state index contributed by atoms with van der Waals surface area (Å²) in [7, 11) is 0. The van der Waals surface area contributed by atoms with E-state index in [-0.39, 0.29) is 11.5 Å². The van der Waals surface area contributed by atoms with Gasteiger partial charge in [0.05, 0.1) is 13.2 Å². The molecule has 4 fully saturated rings. The van der Waals surface area contributed by atoms with E-state index < -0.39 is 0 Å². The zero-order valence-electron chi connectivity index (χ0n) is 12.6. The lowest BCUT2D eigenvalue weighted by Gasteiger charge is -2.65. The highest BCUT2D eigenvalue weighted by Crippen LogP contribution is 2.66. The Bertz CT molecular complexity index is 374. The monoisotopic (exact) mass is 265 g/mol. The molecule has 1 N–H and O–H groups in total. The molecule has 19 heavy (non-hydrogen) atoms. The molecular formula is C16H27NO2. The van der Waals surface area contributed by atoms with E-state index in [1.54, 1.807) is 0 Å². The Morgan fingerprint density at radius 2 is 1.79 bits per heavy atom. The van der Waals surface area contributed by atoms with Gasteiger partial charge in [0.1, 0.15) is 0 Å². The summed E-state index contributed by atoms with van der Waals surface area (Å²) < 4.78 is 5.05. The number of ether oxygens (including phenoxy) is 1. The average molecular weight is 265 g/mol. The van der Waals surface area contributed by atoms with E-state index in [9.17, 15) is 4.79 Å². The van der Waals surface area contributed by atoms with Gasteiger partial charge in [0, 0.05) is 5.54 Å². The van der Waals surface area contributed by atoms with Gasteiger partial charge in [0.25, 0.3) is 0 Å². The number of hydrogen-bond acceptors (Lipinski definition) is 3. The second-order valence-electron chi connectivity index (χ2n) is 8.07. The van der Waals surface area contributed by atoms with E-state index in [4.69, 9.17) is 4.74 Å². The molecule has 3 heteroatoms. The average Bonchev–Trinajstić information content (AvgIpc) is 2.22. The van der Waals surface area contributed by atoms with Crippen LogP contribution in [-0.4, -0.2) is 24.7 Å². The molecule has 2 unspecified atom stereocenters. The highest BCUT2D eigenvalue weighted by molar-refractivity contribution is 5.71. The first-order chi connectivity index (χ1) is 8.86. The Hall–Kier alpha value is -0.570. The minimum absolute atomic E-state index is 0.103. The first-order valence-corrected chi connectivity index (χ1v) is 7.77. The highest BCUT2D eigenvalue weighted by atomic mass is 16.5. The molecule has 0 aromatic carbocycles. The molecule has 4 aliphatic carbocycles. The van der Waals surface area contributed by atoms with Crippen molar-refractivity contribution in [3.8, 4) is 0 Å². The Kier molecular flexibility index (Phi) is 2.97. The molecule has 0 saturated heterocycles. The Labute approximate surface area is 116 Å². The lowest BCUT2D eigenvalue weighted by molar-refractivity contribution is -0.146. The maximum atomic E-state index is 11.6. The van der Waals surface area contributed by atoms with E-state index in [1.165, 1.54) is 38.5 Å². The SMILES string of the molecule is CCOC(=O)CNC12CC3CC(C)(CC(C)(C3)C1)C2. The first-order valence-electron chi connectivity index (χ1n) is 7.77. The predicted molar refractivity (Wildman–Crippen MR) is 74.8 cm³/mol. The third-order valence-electron chi connectivity index (χ3n) is 5.54. The summed E-state index contributed by atoms with van der Waals surface area (Å²) >= 11 is 0. The predicted octanol–water partition coefficient (Wildman–Crippen LogP) is 2.89. The van der Waals surface area contributed by atoms with E-state index in [1.807, 2.05) is 6.92 Å². The molecule has 0 radical (unpaired) electrons. The molecule has 4 rings (SSSR count). The summed E-state index contributed by atoms with van der Waals surface area (Å²) in [6, 6.07) is 0. The molecular weight excluding hydrogens is 238 g/mol. The lowest BCUT2D eigenvalue weighted by atomic mass is 9.43. The van der Waals surface area contributed by atoms with Gasteiger partial charge in [-0.1, -0.05) is 13.8 Å². The Morgan fingerprint density at radius 3 is 2.32 bits per heavy atom. The first kappa shape index (κ1) is 13.4. The van der Waals surface area contributed by atoms with Gasteiger partial charge in [-0.15, -0.1) is 0 Å². The summed E-state index contributed by atoms with van der Waals surface area (Å²) in [4.78, 5) is 11.6. The van der Waals surface area contributed by atoms with Crippen molar-refractivity contribution < 1.29 is 9.53 Å². The highest BCUT2D eigenvalue weighted by Gasteiger charge is 2.59. The third kappa shape index (κ3) is 2.42. The van der Waals surface area contributed by atoms with Gasteiger partial charge in [-0.2, -0.15) is 0 Å². The van der Waals surface area contributed by atoms with Crippen LogP contribution in [0.4, 0.5) is 0 Å². The molecule has 0 heterocycles. The van der Waals surface area contributed by atoms with Crippen molar-refractivity contribution in [2.24, 2.45) is 16.7 Å². The number of esters is 1. The van der Waals surface area contributed by atoms with Crippen LogP contribution >= 0.6 is 0 Å². The van der Waals surface area contributed by atoms with Crippen molar-refractivity contribution in [3.05, 3.63) is 0 Å². The number of carbonyl (C=O) groups excluding carboxylic acids is 1. The zero-order chi connectivity index (χ0) is 13.7. The standard InChI is InChI=1S/C16H27NO2/c1-4-19-13(18)8-17-16-7-12-5-14(2,10-16)9-15(3,6-12)11-16/h12,17H,4-11H2,1-3H3. The summed E-state index contributed by atoms with van der Waals surface area (Å²) in [5.41, 5.74) is 1.20. The van der Waals surface area contributed by atoms with Crippen LogP contribution in [0.15, 0.2) is 0 Å². The molecule has 2 atom stereocenters. The summed E-state index contributed by atoms with van der Waals surface area (Å²) in [6.07, 6.45) is 7.91. The zero-order valence-corrected chi connectivity index (χ0v) is 12.6. The van der Waals surface area contributed by atoms with Crippen molar-refractivity contribution in [2.45, 2.75) is 64.8 Å². The minimum Gasteiger partial charge on any atom is -0.465 e. The number of nitrogens with one attached hydrogen (secondary N) is 1. The molecule has 0 aliphatic heterocycles. The van der Waals surface area contributed by atoms with E-state index in [0.29, 0.717) is 24.0 Å². The van der Waals surface area contributed by atoms with Crippen molar-refractivity contribution >= 4 is 5.97 Å². The summed E-state index contributed by atoms with van der Waals surface area (Å²) in [6.45, 7) is 7.63. The maximum absolute atomic E-state index is 11.6. The van der Waals surface area contributed by atoms with Gasteiger partial charge < -0.3 is 10.1 Å². The second-order valence-corrected chi connectivity index (χ2v) is 8.07. The van der Waals surface area contributed by atoms with Crippen LogP contribution in [-0.2, 0) is 9.53 Å². The molecule has 3 nitrogen and oxygen atoms in total. The number of hydrogen-bond donors (Lipinski definition) is 1. The van der Waals surface area contributed by atoms with Crippen LogP contribution < -0.4 is 5.32 Å².